The summed E-state index contributed by atoms with van der Waals surface area (Å²) < 4.78 is 5.02. The summed E-state index contributed by atoms with van der Waals surface area (Å²) in [6.07, 6.45) is 2.36. The highest BCUT2D eigenvalue weighted by molar-refractivity contribution is 7.99. The number of para-hydroxylation sites is 1. The molecule has 2 aromatic rings. The number of thioether (sulfide) groups is 1. The SMILES string of the molecule is COCC(C)NC(=O)CSc1nc(NC2CC2)c2ccccc2n1. The van der Waals surface area contributed by atoms with Crippen molar-refractivity contribution in [2.24, 2.45) is 0 Å². The Balaban J connectivity index is 1.68. The van der Waals surface area contributed by atoms with Gasteiger partial charge in [0.25, 0.3) is 0 Å². The third kappa shape index (κ3) is 4.58. The Hall–Kier alpha value is -1.86. The smallest absolute Gasteiger partial charge is 0.230 e. The van der Waals surface area contributed by atoms with Gasteiger partial charge in [0.1, 0.15) is 5.82 Å². The zero-order chi connectivity index (χ0) is 16.9. The first kappa shape index (κ1) is 17.0. The van der Waals surface area contributed by atoms with Crippen molar-refractivity contribution in [2.75, 3.05) is 24.8 Å². The third-order valence-corrected chi connectivity index (χ3v) is 4.50. The molecule has 1 fully saturated rings. The summed E-state index contributed by atoms with van der Waals surface area (Å²) in [5.41, 5.74) is 0.895. The number of ether oxygens (including phenoxy) is 1. The minimum Gasteiger partial charge on any atom is -0.383 e. The van der Waals surface area contributed by atoms with Crippen LogP contribution in [-0.4, -0.2) is 47.4 Å². The van der Waals surface area contributed by atoms with Crippen molar-refractivity contribution in [2.45, 2.75) is 37.0 Å². The Morgan fingerprint density at radius 3 is 2.92 bits per heavy atom. The van der Waals surface area contributed by atoms with Crippen molar-refractivity contribution in [3.63, 3.8) is 0 Å². The van der Waals surface area contributed by atoms with E-state index in [1.54, 1.807) is 7.11 Å². The van der Waals surface area contributed by atoms with Crippen LogP contribution in [0.15, 0.2) is 29.4 Å². The summed E-state index contributed by atoms with van der Waals surface area (Å²) in [6, 6.07) is 8.45. The Morgan fingerprint density at radius 2 is 2.17 bits per heavy atom. The molecular weight excluding hydrogens is 324 g/mol. The maximum Gasteiger partial charge on any atom is 0.230 e. The molecule has 1 aliphatic carbocycles. The van der Waals surface area contributed by atoms with Gasteiger partial charge in [0.2, 0.25) is 5.91 Å². The molecule has 0 spiro atoms. The molecule has 1 aromatic carbocycles. The molecule has 2 N–H and O–H groups in total. The average molecular weight is 346 g/mol. The normalized spacial score (nSPS) is 15.2. The van der Waals surface area contributed by atoms with Gasteiger partial charge < -0.3 is 15.4 Å². The molecule has 3 rings (SSSR count). The third-order valence-electron chi connectivity index (χ3n) is 3.66. The van der Waals surface area contributed by atoms with Crippen LogP contribution in [0.1, 0.15) is 19.8 Å². The van der Waals surface area contributed by atoms with Crippen molar-refractivity contribution in [1.82, 2.24) is 15.3 Å². The van der Waals surface area contributed by atoms with E-state index in [2.05, 4.69) is 20.6 Å². The van der Waals surface area contributed by atoms with E-state index >= 15 is 0 Å². The number of aromatic nitrogens is 2. The van der Waals surface area contributed by atoms with Gasteiger partial charge >= 0.3 is 0 Å². The van der Waals surface area contributed by atoms with Crippen LogP contribution in [0.2, 0.25) is 0 Å². The number of fused-ring (bicyclic) bond motifs is 1. The lowest BCUT2D eigenvalue weighted by Gasteiger charge is -2.13. The van der Waals surface area contributed by atoms with E-state index in [0.717, 1.165) is 16.7 Å². The second-order valence-electron chi connectivity index (χ2n) is 6.00. The number of hydrogen-bond donors (Lipinski definition) is 2. The van der Waals surface area contributed by atoms with E-state index < -0.39 is 0 Å². The van der Waals surface area contributed by atoms with E-state index in [0.29, 0.717) is 17.8 Å². The van der Waals surface area contributed by atoms with Crippen LogP contribution in [0.4, 0.5) is 5.82 Å². The molecule has 6 nitrogen and oxygen atoms in total. The van der Waals surface area contributed by atoms with Crippen LogP contribution in [0.5, 0.6) is 0 Å². The van der Waals surface area contributed by atoms with Gasteiger partial charge in [-0.2, -0.15) is 0 Å². The molecule has 128 valence electrons. The molecule has 0 radical (unpaired) electrons. The summed E-state index contributed by atoms with van der Waals surface area (Å²) in [5, 5.41) is 7.98. The monoisotopic (exact) mass is 346 g/mol. The minimum atomic E-state index is -0.0435. The van der Waals surface area contributed by atoms with Crippen LogP contribution >= 0.6 is 11.8 Å². The first-order chi connectivity index (χ1) is 11.7. The van der Waals surface area contributed by atoms with Gasteiger partial charge in [0, 0.05) is 24.6 Å². The number of rotatable bonds is 8. The molecule has 0 bridgehead atoms. The van der Waals surface area contributed by atoms with Crippen LogP contribution in [-0.2, 0) is 9.53 Å². The maximum absolute atomic E-state index is 12.0. The highest BCUT2D eigenvalue weighted by Gasteiger charge is 2.23. The number of methoxy groups -OCH3 is 1. The zero-order valence-corrected chi connectivity index (χ0v) is 14.7. The minimum absolute atomic E-state index is 0.00674. The second kappa shape index (κ2) is 7.81. The number of anilines is 1. The summed E-state index contributed by atoms with van der Waals surface area (Å²) in [5.74, 6) is 1.10. The van der Waals surface area contributed by atoms with Crippen LogP contribution < -0.4 is 10.6 Å². The van der Waals surface area contributed by atoms with Crippen molar-refractivity contribution >= 4 is 34.4 Å². The first-order valence-electron chi connectivity index (χ1n) is 8.10. The number of amides is 1. The number of nitrogens with zero attached hydrogens (tertiary/aromatic N) is 2. The van der Waals surface area contributed by atoms with Crippen molar-refractivity contribution in [1.29, 1.82) is 0 Å². The van der Waals surface area contributed by atoms with Gasteiger partial charge in [0.15, 0.2) is 5.16 Å². The Labute approximate surface area is 145 Å². The quantitative estimate of drug-likeness (QED) is 0.565. The van der Waals surface area contributed by atoms with Gasteiger partial charge in [0.05, 0.1) is 17.9 Å². The van der Waals surface area contributed by atoms with Crippen LogP contribution in [0.3, 0.4) is 0 Å². The molecule has 1 aromatic heterocycles. The maximum atomic E-state index is 12.0. The Kier molecular flexibility index (Phi) is 5.52. The molecule has 1 unspecified atom stereocenters. The fourth-order valence-electron chi connectivity index (χ4n) is 2.39. The topological polar surface area (TPSA) is 76.1 Å². The highest BCUT2D eigenvalue weighted by atomic mass is 32.2. The van der Waals surface area contributed by atoms with Gasteiger partial charge in [-0.15, -0.1) is 0 Å². The first-order valence-corrected chi connectivity index (χ1v) is 9.08. The van der Waals surface area contributed by atoms with Gasteiger partial charge in [-0.1, -0.05) is 23.9 Å². The predicted molar refractivity (Wildman–Crippen MR) is 96.4 cm³/mol. The summed E-state index contributed by atoms with van der Waals surface area (Å²) in [6.45, 7) is 2.41. The number of nitrogens with one attached hydrogen (secondary N) is 2. The van der Waals surface area contributed by atoms with E-state index in [1.165, 1.54) is 24.6 Å². The number of carbonyl (C=O) groups is 1. The Bertz CT molecular complexity index is 721. The zero-order valence-electron chi connectivity index (χ0n) is 13.9. The molecule has 1 heterocycles. The largest absolute Gasteiger partial charge is 0.383 e. The summed E-state index contributed by atoms with van der Waals surface area (Å²) in [7, 11) is 1.62. The highest BCUT2D eigenvalue weighted by Crippen LogP contribution is 2.29. The number of carbonyl (C=O) groups excluding carboxylic acids is 1. The van der Waals surface area contributed by atoms with E-state index in [9.17, 15) is 4.79 Å². The molecule has 0 aliphatic heterocycles. The molecule has 1 amide bonds. The molecular formula is C17H22N4O2S. The average Bonchev–Trinajstić information content (AvgIpc) is 3.37. The lowest BCUT2D eigenvalue weighted by molar-refractivity contribution is -0.119. The number of hydrogen-bond acceptors (Lipinski definition) is 6. The molecule has 1 atom stereocenters. The van der Waals surface area contributed by atoms with E-state index in [-0.39, 0.29) is 17.7 Å². The molecule has 1 aliphatic rings. The van der Waals surface area contributed by atoms with Crippen LogP contribution in [0.25, 0.3) is 10.9 Å². The number of benzene rings is 1. The second-order valence-corrected chi connectivity index (χ2v) is 6.95. The molecule has 0 saturated heterocycles. The fourth-order valence-corrected chi connectivity index (χ4v) is 3.05. The Morgan fingerprint density at radius 1 is 1.38 bits per heavy atom. The predicted octanol–water partition coefficient (Wildman–Crippen LogP) is 2.45. The molecule has 1 saturated carbocycles. The van der Waals surface area contributed by atoms with Gasteiger partial charge in [-0.3, -0.25) is 4.79 Å². The van der Waals surface area contributed by atoms with Crippen LogP contribution in [0, 0.1) is 0 Å². The van der Waals surface area contributed by atoms with Crippen molar-refractivity contribution in [3.05, 3.63) is 24.3 Å². The fraction of sp³-hybridized carbons (Fsp3) is 0.471. The van der Waals surface area contributed by atoms with Crippen molar-refractivity contribution < 1.29 is 9.53 Å². The lowest BCUT2D eigenvalue weighted by atomic mass is 10.2. The summed E-state index contributed by atoms with van der Waals surface area (Å²) in [4.78, 5) is 21.1. The summed E-state index contributed by atoms with van der Waals surface area (Å²) >= 11 is 1.35. The van der Waals surface area contributed by atoms with E-state index in [1.807, 2.05) is 31.2 Å². The lowest BCUT2D eigenvalue weighted by Crippen LogP contribution is -2.36. The molecule has 7 heteroatoms. The van der Waals surface area contributed by atoms with Crippen molar-refractivity contribution in [3.8, 4) is 0 Å². The van der Waals surface area contributed by atoms with Gasteiger partial charge in [-0.25, -0.2) is 9.97 Å². The molecule has 24 heavy (non-hydrogen) atoms. The van der Waals surface area contributed by atoms with Gasteiger partial charge in [-0.05, 0) is 31.9 Å². The standard InChI is InChI=1S/C17H22N4O2S/c1-11(9-23-2)18-15(22)10-24-17-20-14-6-4-3-5-13(14)16(21-17)19-12-7-8-12/h3-6,11-12H,7-10H2,1-2H3,(H,18,22)(H,19,20,21). The van der Waals surface area contributed by atoms with E-state index in [4.69, 9.17) is 4.74 Å².